The number of ether oxygens (including phenoxy) is 1. The van der Waals surface area contributed by atoms with E-state index in [1.165, 1.54) is 36.4 Å². The fourth-order valence-corrected chi connectivity index (χ4v) is 3.61. The van der Waals surface area contributed by atoms with E-state index >= 15 is 0 Å². The van der Waals surface area contributed by atoms with E-state index in [1.54, 1.807) is 0 Å². The second-order valence-electron chi connectivity index (χ2n) is 6.95. The molecule has 1 aromatic carbocycles. The van der Waals surface area contributed by atoms with Gasteiger partial charge in [0, 0.05) is 31.5 Å². The zero-order valence-corrected chi connectivity index (χ0v) is 19.4. The smallest absolute Gasteiger partial charge is 0.269 e. The molecule has 0 spiro atoms. The number of sulfonamides is 1. The highest BCUT2D eigenvalue weighted by Gasteiger charge is 2.20. The summed E-state index contributed by atoms with van der Waals surface area (Å²) in [4.78, 5) is 40.1. The number of unbranched alkanes of at least 4 members (excludes halogenated alkanes) is 1. The highest BCUT2D eigenvalue weighted by atomic mass is 32.2. The van der Waals surface area contributed by atoms with Gasteiger partial charge in [-0.05, 0) is 49.7 Å². The fourth-order valence-electron chi connectivity index (χ4n) is 2.64. The van der Waals surface area contributed by atoms with Crippen molar-refractivity contribution in [2.45, 2.75) is 31.6 Å². The van der Waals surface area contributed by atoms with Crippen LogP contribution >= 0.6 is 0 Å². The number of benzene rings is 1. The van der Waals surface area contributed by atoms with Crippen molar-refractivity contribution in [1.29, 1.82) is 0 Å². The van der Waals surface area contributed by atoms with Crippen LogP contribution in [0.5, 0.6) is 0 Å². The topological polar surface area (TPSA) is 144 Å². The van der Waals surface area contributed by atoms with Gasteiger partial charge >= 0.3 is 0 Å². The van der Waals surface area contributed by atoms with Crippen molar-refractivity contribution in [1.82, 2.24) is 20.3 Å². The first-order valence-corrected chi connectivity index (χ1v) is 12.0. The average Bonchev–Trinajstić information content (AvgIpc) is 2.81. The number of rotatable bonds is 12. The molecule has 11 heteroatoms. The molecule has 0 radical (unpaired) electrons. The molecule has 2 rings (SSSR count). The van der Waals surface area contributed by atoms with Crippen LogP contribution in [0.25, 0.3) is 0 Å². The number of amides is 3. The predicted molar refractivity (Wildman–Crippen MR) is 121 cm³/mol. The molecule has 0 atom stereocenters. The minimum Gasteiger partial charge on any atom is -0.380 e. The molecule has 10 nitrogen and oxygen atoms in total. The Labute approximate surface area is 193 Å². The SMILES string of the molecule is CCCCNC(=O)c1ccc(S(=O)(=O)NC(=O)c2ccc(C(=O)NCCOCC)nc2)cc1. The van der Waals surface area contributed by atoms with Crippen LogP contribution in [0.1, 0.15) is 57.9 Å². The van der Waals surface area contributed by atoms with Crippen molar-refractivity contribution < 1.29 is 27.5 Å². The van der Waals surface area contributed by atoms with E-state index in [9.17, 15) is 22.8 Å². The van der Waals surface area contributed by atoms with Gasteiger partial charge in [0.05, 0.1) is 17.1 Å². The Kier molecular flexibility index (Phi) is 9.95. The fraction of sp³-hybridized carbons (Fsp3) is 0.364. The molecule has 0 aliphatic carbocycles. The maximum Gasteiger partial charge on any atom is 0.269 e. The Morgan fingerprint density at radius 2 is 1.55 bits per heavy atom. The highest BCUT2D eigenvalue weighted by Crippen LogP contribution is 2.12. The molecule has 178 valence electrons. The van der Waals surface area contributed by atoms with Crippen LogP contribution in [-0.4, -0.2) is 57.4 Å². The monoisotopic (exact) mass is 476 g/mol. The van der Waals surface area contributed by atoms with Crippen molar-refractivity contribution in [2.24, 2.45) is 0 Å². The molecular weight excluding hydrogens is 448 g/mol. The summed E-state index contributed by atoms with van der Waals surface area (Å²) in [6, 6.07) is 7.88. The molecular formula is C22H28N4O6S. The number of nitrogens with zero attached hydrogens (tertiary/aromatic N) is 1. The summed E-state index contributed by atoms with van der Waals surface area (Å²) in [5.74, 6) is -1.63. The van der Waals surface area contributed by atoms with E-state index in [2.05, 4.69) is 15.6 Å². The second kappa shape index (κ2) is 12.7. The third kappa shape index (κ3) is 7.95. The van der Waals surface area contributed by atoms with E-state index in [-0.39, 0.29) is 22.1 Å². The van der Waals surface area contributed by atoms with Gasteiger partial charge in [-0.15, -0.1) is 0 Å². The molecule has 33 heavy (non-hydrogen) atoms. The molecule has 2 aromatic rings. The first kappa shape index (κ1) is 25.9. The van der Waals surface area contributed by atoms with Crippen LogP contribution in [0.3, 0.4) is 0 Å². The second-order valence-corrected chi connectivity index (χ2v) is 8.64. The third-order valence-corrected chi connectivity index (χ3v) is 5.81. The highest BCUT2D eigenvalue weighted by molar-refractivity contribution is 7.90. The van der Waals surface area contributed by atoms with Crippen molar-refractivity contribution >= 4 is 27.7 Å². The summed E-state index contributed by atoms with van der Waals surface area (Å²) in [6.07, 6.45) is 2.90. The maximum absolute atomic E-state index is 12.5. The van der Waals surface area contributed by atoms with Crippen LogP contribution in [0.4, 0.5) is 0 Å². The van der Waals surface area contributed by atoms with Crippen LogP contribution < -0.4 is 15.4 Å². The molecule has 0 saturated carbocycles. The summed E-state index contributed by atoms with van der Waals surface area (Å²) in [5, 5.41) is 5.36. The van der Waals surface area contributed by atoms with Crippen LogP contribution in [0.2, 0.25) is 0 Å². The molecule has 0 aliphatic heterocycles. The summed E-state index contributed by atoms with van der Waals surface area (Å²) < 4.78 is 32.1. The maximum atomic E-state index is 12.5. The van der Waals surface area contributed by atoms with Gasteiger partial charge < -0.3 is 15.4 Å². The molecule has 3 amide bonds. The lowest BCUT2D eigenvalue weighted by molar-refractivity contribution is 0.0914. The molecule has 1 aromatic heterocycles. The Morgan fingerprint density at radius 1 is 0.879 bits per heavy atom. The zero-order valence-electron chi connectivity index (χ0n) is 18.6. The third-order valence-electron chi connectivity index (χ3n) is 4.46. The Balaban J connectivity index is 1.98. The normalized spacial score (nSPS) is 11.0. The van der Waals surface area contributed by atoms with Crippen LogP contribution in [0, 0.1) is 0 Å². The summed E-state index contributed by atoms with van der Waals surface area (Å²) in [7, 11) is -4.17. The van der Waals surface area contributed by atoms with Crippen LogP contribution in [-0.2, 0) is 14.8 Å². The standard InChI is InChI=1S/C22H28N4O6S/c1-3-5-12-23-20(27)16-6-9-18(10-7-16)33(30,31)26-21(28)17-8-11-19(25-15-17)22(29)24-13-14-32-4-2/h6-11,15H,3-5,12-14H2,1-2H3,(H,23,27)(H,24,29)(H,26,28). The van der Waals surface area contributed by atoms with Gasteiger partial charge in [0.1, 0.15) is 5.69 Å². The number of carbonyl (C=O) groups is 3. The van der Waals surface area contributed by atoms with Gasteiger partial charge in [-0.1, -0.05) is 13.3 Å². The van der Waals surface area contributed by atoms with Crippen molar-refractivity contribution in [3.63, 3.8) is 0 Å². The van der Waals surface area contributed by atoms with Gasteiger partial charge in [-0.3, -0.25) is 19.4 Å². The first-order chi connectivity index (χ1) is 15.8. The van der Waals surface area contributed by atoms with Gasteiger partial charge in [0.15, 0.2) is 0 Å². The molecule has 1 heterocycles. The Morgan fingerprint density at radius 3 is 2.15 bits per heavy atom. The number of pyridine rings is 1. The van der Waals surface area contributed by atoms with Gasteiger partial charge in [0.2, 0.25) is 0 Å². The lowest BCUT2D eigenvalue weighted by Crippen LogP contribution is -2.31. The quantitative estimate of drug-likeness (QED) is 0.394. The number of hydrogen-bond donors (Lipinski definition) is 3. The summed E-state index contributed by atoms with van der Waals surface area (Å²) in [6.45, 7) is 5.61. The first-order valence-electron chi connectivity index (χ1n) is 10.6. The van der Waals surface area contributed by atoms with Crippen molar-refractivity contribution in [3.8, 4) is 0 Å². The van der Waals surface area contributed by atoms with Crippen molar-refractivity contribution in [3.05, 3.63) is 59.4 Å². The molecule has 0 aliphatic rings. The Hall–Kier alpha value is -3.31. The lowest BCUT2D eigenvalue weighted by Gasteiger charge is -2.09. The van der Waals surface area contributed by atoms with E-state index < -0.39 is 21.8 Å². The Bertz CT molecular complexity index is 1050. The largest absolute Gasteiger partial charge is 0.380 e. The van der Waals surface area contributed by atoms with Crippen LogP contribution in [0.15, 0.2) is 47.5 Å². The summed E-state index contributed by atoms with van der Waals surface area (Å²) >= 11 is 0. The lowest BCUT2D eigenvalue weighted by atomic mass is 10.2. The van der Waals surface area contributed by atoms with Gasteiger partial charge in [0.25, 0.3) is 27.7 Å². The number of aromatic nitrogens is 1. The number of nitrogens with one attached hydrogen (secondary N) is 3. The molecule has 0 saturated heterocycles. The molecule has 0 bridgehead atoms. The minimum absolute atomic E-state index is 0.0311. The van der Waals surface area contributed by atoms with E-state index in [4.69, 9.17) is 4.74 Å². The molecule has 0 unspecified atom stereocenters. The zero-order chi connectivity index (χ0) is 24.3. The summed E-state index contributed by atoms with van der Waals surface area (Å²) in [5.41, 5.74) is 0.366. The minimum atomic E-state index is -4.17. The number of hydrogen-bond acceptors (Lipinski definition) is 7. The van der Waals surface area contributed by atoms with Gasteiger partial charge in [-0.25, -0.2) is 13.1 Å². The van der Waals surface area contributed by atoms with Gasteiger partial charge in [-0.2, -0.15) is 0 Å². The van der Waals surface area contributed by atoms with E-state index in [0.717, 1.165) is 19.0 Å². The molecule has 3 N–H and O–H groups in total. The average molecular weight is 477 g/mol. The van der Waals surface area contributed by atoms with Crippen molar-refractivity contribution in [2.75, 3.05) is 26.3 Å². The molecule has 0 fully saturated rings. The van der Waals surface area contributed by atoms with E-state index in [0.29, 0.717) is 31.9 Å². The van der Waals surface area contributed by atoms with E-state index in [1.807, 2.05) is 18.6 Å². The predicted octanol–water partition coefficient (Wildman–Crippen LogP) is 1.50. The number of carbonyl (C=O) groups excluding carboxylic acids is 3.